The largest absolute Gasteiger partial charge is 0.370 e. The first-order valence-electron chi connectivity index (χ1n) is 8.05. The number of nitrogens with zero attached hydrogens (tertiary/aromatic N) is 2. The van der Waals surface area contributed by atoms with Crippen molar-refractivity contribution in [3.05, 3.63) is 0 Å². The van der Waals surface area contributed by atoms with Gasteiger partial charge in [0.15, 0.2) is 0 Å². The van der Waals surface area contributed by atoms with Crippen LogP contribution in [-0.2, 0) is 4.74 Å². The second kappa shape index (κ2) is 9.73. The van der Waals surface area contributed by atoms with Gasteiger partial charge < -0.3 is 13.7 Å². The Labute approximate surface area is 121 Å². The fourth-order valence-electron chi connectivity index (χ4n) is 2.12. The predicted molar refractivity (Wildman–Crippen MR) is 84.3 cm³/mol. The number of ether oxygens (including phenoxy) is 1. The molecule has 116 valence electrons. The molecule has 0 saturated carbocycles. The Morgan fingerprint density at radius 1 is 0.632 bits per heavy atom. The third kappa shape index (κ3) is 11.4. The second-order valence-electron chi connectivity index (χ2n) is 7.09. The number of quaternary nitrogens is 2. The number of likely N-dealkylation sites (N-methyl/N-ethyl adjacent to an activating group) is 2. The summed E-state index contributed by atoms with van der Waals surface area (Å²) in [5, 5.41) is 0. The molecule has 0 amide bonds. The van der Waals surface area contributed by atoms with Crippen LogP contribution < -0.4 is 0 Å². The number of unbranched alkanes of at least 4 members (excludes halogenated alkanes) is 2. The van der Waals surface area contributed by atoms with Crippen LogP contribution in [0, 0.1) is 0 Å². The van der Waals surface area contributed by atoms with E-state index in [9.17, 15) is 0 Å². The molecular formula is C16H38N2O+2. The summed E-state index contributed by atoms with van der Waals surface area (Å²) in [6.07, 6.45) is 5.19. The topological polar surface area (TPSA) is 9.23 Å². The van der Waals surface area contributed by atoms with Gasteiger partial charge in [0.05, 0.1) is 54.5 Å². The molecule has 0 heterocycles. The van der Waals surface area contributed by atoms with Gasteiger partial charge in [-0.1, -0.05) is 26.7 Å². The summed E-state index contributed by atoms with van der Waals surface area (Å²) < 4.78 is 8.00. The first-order valence-corrected chi connectivity index (χ1v) is 8.05. The highest BCUT2D eigenvalue weighted by Gasteiger charge is 2.16. The Morgan fingerprint density at radius 2 is 1.00 bits per heavy atom. The van der Waals surface area contributed by atoms with E-state index in [2.05, 4.69) is 42.0 Å². The van der Waals surface area contributed by atoms with Crippen LogP contribution in [-0.4, -0.2) is 76.5 Å². The first-order chi connectivity index (χ1) is 8.83. The molecule has 0 unspecified atom stereocenters. The molecule has 0 rings (SSSR count). The average Bonchev–Trinajstić information content (AvgIpc) is 2.33. The highest BCUT2D eigenvalue weighted by atomic mass is 16.5. The fraction of sp³-hybridized carbons (Fsp3) is 1.00. The Morgan fingerprint density at radius 3 is 1.32 bits per heavy atom. The Bertz CT molecular complexity index is 193. The van der Waals surface area contributed by atoms with Crippen LogP contribution in [0.3, 0.4) is 0 Å². The van der Waals surface area contributed by atoms with Gasteiger partial charge in [-0.05, 0) is 12.8 Å². The molecule has 19 heavy (non-hydrogen) atoms. The van der Waals surface area contributed by atoms with Gasteiger partial charge in [0, 0.05) is 0 Å². The Kier molecular flexibility index (Phi) is 9.67. The second-order valence-corrected chi connectivity index (χ2v) is 7.09. The minimum atomic E-state index is 0.893. The summed E-state index contributed by atoms with van der Waals surface area (Å²) in [6, 6.07) is 0. The zero-order valence-electron chi connectivity index (χ0n) is 14.4. The van der Waals surface area contributed by atoms with Gasteiger partial charge in [0.25, 0.3) is 0 Å². The average molecular weight is 274 g/mol. The van der Waals surface area contributed by atoms with Gasteiger partial charge in [-0.25, -0.2) is 0 Å². The van der Waals surface area contributed by atoms with Crippen LogP contribution in [0.15, 0.2) is 0 Å². The van der Waals surface area contributed by atoms with Crippen molar-refractivity contribution >= 4 is 0 Å². The van der Waals surface area contributed by atoms with Crippen molar-refractivity contribution in [1.82, 2.24) is 0 Å². The molecule has 0 aliphatic heterocycles. The highest BCUT2D eigenvalue weighted by molar-refractivity contribution is 4.39. The van der Waals surface area contributed by atoms with Crippen molar-refractivity contribution in [2.24, 2.45) is 0 Å². The Hall–Kier alpha value is -0.120. The molecule has 0 fully saturated rings. The molecule has 0 aromatic rings. The van der Waals surface area contributed by atoms with Crippen molar-refractivity contribution in [1.29, 1.82) is 0 Å². The maximum absolute atomic E-state index is 5.83. The Balaban J connectivity index is 3.63. The number of hydrogen-bond donors (Lipinski definition) is 0. The molecule has 0 saturated heterocycles. The summed E-state index contributed by atoms with van der Waals surface area (Å²) >= 11 is 0. The zero-order valence-corrected chi connectivity index (χ0v) is 14.4. The minimum absolute atomic E-state index is 0.893. The van der Waals surface area contributed by atoms with Crippen LogP contribution in [0.1, 0.15) is 39.5 Å². The third-order valence-corrected chi connectivity index (χ3v) is 3.92. The van der Waals surface area contributed by atoms with E-state index in [0.717, 1.165) is 35.3 Å². The van der Waals surface area contributed by atoms with Gasteiger partial charge in [-0.3, -0.25) is 0 Å². The lowest BCUT2D eigenvalue weighted by atomic mass is 10.3. The SMILES string of the molecule is CCCC[N+](C)(C)CCOCC[N+](C)(C)CCCC. The maximum atomic E-state index is 5.83. The number of hydrogen-bond acceptors (Lipinski definition) is 1. The van der Waals surface area contributed by atoms with Crippen molar-refractivity contribution in [2.45, 2.75) is 39.5 Å². The highest BCUT2D eigenvalue weighted by Crippen LogP contribution is 2.03. The summed E-state index contributed by atoms with van der Waals surface area (Å²) in [5.74, 6) is 0. The molecule has 0 aliphatic rings. The third-order valence-electron chi connectivity index (χ3n) is 3.92. The molecule has 3 heteroatoms. The maximum Gasteiger partial charge on any atom is 0.102 e. The van der Waals surface area contributed by atoms with E-state index in [1.54, 1.807) is 0 Å². The first kappa shape index (κ1) is 18.9. The van der Waals surface area contributed by atoms with E-state index >= 15 is 0 Å². The molecule has 0 aromatic heterocycles. The van der Waals surface area contributed by atoms with Crippen LogP contribution in [0.4, 0.5) is 0 Å². The van der Waals surface area contributed by atoms with Crippen LogP contribution in [0.25, 0.3) is 0 Å². The van der Waals surface area contributed by atoms with Gasteiger partial charge in [0.2, 0.25) is 0 Å². The molecule has 0 atom stereocenters. The van der Waals surface area contributed by atoms with E-state index in [4.69, 9.17) is 4.74 Å². The van der Waals surface area contributed by atoms with E-state index in [1.165, 1.54) is 38.8 Å². The standard InChI is InChI=1S/C16H38N2O/c1-7-9-11-17(3,4)13-15-19-16-14-18(5,6)12-10-8-2/h7-16H2,1-6H3/q+2. The summed E-state index contributed by atoms with van der Waals surface area (Å²) in [5.41, 5.74) is 0. The van der Waals surface area contributed by atoms with E-state index in [1.807, 2.05) is 0 Å². The lowest BCUT2D eigenvalue weighted by Gasteiger charge is -2.31. The van der Waals surface area contributed by atoms with Crippen LogP contribution >= 0.6 is 0 Å². The van der Waals surface area contributed by atoms with Crippen molar-refractivity contribution < 1.29 is 13.7 Å². The lowest BCUT2D eigenvalue weighted by Crippen LogP contribution is -2.45. The molecule has 0 aliphatic carbocycles. The van der Waals surface area contributed by atoms with E-state index in [0.29, 0.717) is 0 Å². The minimum Gasteiger partial charge on any atom is -0.370 e. The van der Waals surface area contributed by atoms with Crippen molar-refractivity contribution in [3.63, 3.8) is 0 Å². The molecule has 3 nitrogen and oxygen atoms in total. The van der Waals surface area contributed by atoms with Crippen molar-refractivity contribution in [3.8, 4) is 0 Å². The lowest BCUT2D eigenvalue weighted by molar-refractivity contribution is -0.894. The quantitative estimate of drug-likeness (QED) is 0.393. The smallest absolute Gasteiger partial charge is 0.102 e. The molecule has 0 radical (unpaired) electrons. The fourth-order valence-corrected chi connectivity index (χ4v) is 2.12. The normalized spacial score (nSPS) is 12.9. The van der Waals surface area contributed by atoms with Crippen LogP contribution in [0.5, 0.6) is 0 Å². The van der Waals surface area contributed by atoms with Gasteiger partial charge in [-0.2, -0.15) is 0 Å². The monoisotopic (exact) mass is 274 g/mol. The molecule has 0 N–H and O–H groups in total. The summed E-state index contributed by atoms with van der Waals surface area (Å²) in [7, 11) is 9.22. The summed E-state index contributed by atoms with van der Waals surface area (Å²) in [4.78, 5) is 0. The molecule has 0 spiro atoms. The molecule has 0 bridgehead atoms. The molecular weight excluding hydrogens is 236 g/mol. The number of rotatable bonds is 12. The van der Waals surface area contributed by atoms with Gasteiger partial charge in [-0.15, -0.1) is 0 Å². The summed E-state index contributed by atoms with van der Waals surface area (Å²) in [6.45, 7) is 11.1. The van der Waals surface area contributed by atoms with E-state index in [-0.39, 0.29) is 0 Å². The van der Waals surface area contributed by atoms with Gasteiger partial charge in [0.1, 0.15) is 13.1 Å². The van der Waals surface area contributed by atoms with E-state index < -0.39 is 0 Å². The van der Waals surface area contributed by atoms with Crippen molar-refractivity contribution in [2.75, 3.05) is 67.6 Å². The van der Waals surface area contributed by atoms with Crippen LogP contribution in [0.2, 0.25) is 0 Å². The zero-order chi connectivity index (χ0) is 14.8. The molecule has 0 aromatic carbocycles. The van der Waals surface area contributed by atoms with Gasteiger partial charge >= 0.3 is 0 Å². The predicted octanol–water partition coefficient (Wildman–Crippen LogP) is 2.76.